The normalized spacial score (nSPS) is 13.6. The molecule has 0 amide bonds. The van der Waals surface area contributed by atoms with Crippen LogP contribution >= 0.6 is 22.6 Å². The summed E-state index contributed by atoms with van der Waals surface area (Å²) in [5.74, 6) is 0. The number of rotatable bonds is 4. The maximum Gasteiger partial charge on any atom is 0.242 e. The molecule has 0 spiro atoms. The minimum atomic E-state index is -3.47. The van der Waals surface area contributed by atoms with Crippen LogP contribution in [-0.4, -0.2) is 19.4 Å². The summed E-state index contributed by atoms with van der Waals surface area (Å²) in [6, 6.07) is 4.96. The van der Waals surface area contributed by atoms with Crippen molar-refractivity contribution in [3.05, 3.63) is 18.2 Å². The molecular formula is C8H8IN3O2S2. The molecular weight excluding hydrogens is 361 g/mol. The third kappa shape index (κ3) is 2.34. The number of hydrogen-bond acceptors (Lipinski definition) is 4. The second-order valence-electron chi connectivity index (χ2n) is 2.97. The highest BCUT2D eigenvalue weighted by atomic mass is 127. The van der Waals surface area contributed by atoms with Crippen LogP contribution in [0.2, 0.25) is 0 Å². The molecule has 0 aliphatic carbocycles. The summed E-state index contributed by atoms with van der Waals surface area (Å²) in [7, 11) is -3.47. The molecule has 0 radical (unpaired) electrons. The third-order valence-electron chi connectivity index (χ3n) is 1.93. The van der Waals surface area contributed by atoms with Crippen LogP contribution in [0.5, 0.6) is 0 Å². The molecule has 0 fully saturated rings. The number of hydrogen-bond donors (Lipinski definition) is 1. The van der Waals surface area contributed by atoms with Crippen molar-refractivity contribution in [2.24, 2.45) is 8.73 Å². The van der Waals surface area contributed by atoms with E-state index in [1.165, 1.54) is 0 Å². The van der Waals surface area contributed by atoms with Crippen molar-refractivity contribution in [3.63, 3.8) is 0 Å². The molecule has 1 aliphatic rings. The van der Waals surface area contributed by atoms with Crippen LogP contribution in [0.1, 0.15) is 0 Å². The van der Waals surface area contributed by atoms with Crippen LogP contribution in [0.25, 0.3) is 0 Å². The first-order valence-corrected chi connectivity index (χ1v) is 8.16. The van der Waals surface area contributed by atoms with Gasteiger partial charge in [0.1, 0.15) is 16.3 Å². The molecule has 0 aromatic heterocycles. The first kappa shape index (κ1) is 12.1. The van der Waals surface area contributed by atoms with Gasteiger partial charge in [0.25, 0.3) is 0 Å². The summed E-state index contributed by atoms with van der Waals surface area (Å²) >= 11 is 3.12. The number of fused-ring (bicyclic) bond motifs is 1. The van der Waals surface area contributed by atoms with Crippen LogP contribution in [0, 0.1) is 0 Å². The summed E-state index contributed by atoms with van der Waals surface area (Å²) in [5, 5.41) is 0. The number of alkyl halides is 1. The van der Waals surface area contributed by atoms with E-state index in [4.69, 9.17) is 0 Å². The lowest BCUT2D eigenvalue weighted by Gasteiger charge is -2.07. The van der Waals surface area contributed by atoms with Gasteiger partial charge in [0.05, 0.1) is 11.4 Å². The van der Waals surface area contributed by atoms with E-state index in [-0.39, 0.29) is 4.90 Å². The van der Waals surface area contributed by atoms with Crippen LogP contribution in [-0.2, 0) is 21.4 Å². The highest BCUT2D eigenvalue weighted by Crippen LogP contribution is 2.37. The Morgan fingerprint density at radius 1 is 1.38 bits per heavy atom. The van der Waals surface area contributed by atoms with E-state index >= 15 is 0 Å². The fourth-order valence-electron chi connectivity index (χ4n) is 1.25. The van der Waals surface area contributed by atoms with Gasteiger partial charge in [-0.25, -0.2) is 13.1 Å². The lowest BCUT2D eigenvalue weighted by molar-refractivity contribution is 0.585. The summed E-state index contributed by atoms with van der Waals surface area (Å²) in [5.41, 5.74) is 1.05. The van der Waals surface area contributed by atoms with E-state index in [9.17, 15) is 8.42 Å². The number of nitrogens with one attached hydrogen (secondary N) is 1. The molecule has 0 saturated carbocycles. The molecule has 86 valence electrons. The average molecular weight is 369 g/mol. The monoisotopic (exact) mass is 369 g/mol. The van der Waals surface area contributed by atoms with Gasteiger partial charge in [-0.2, -0.15) is 8.73 Å². The van der Waals surface area contributed by atoms with Gasteiger partial charge in [0, 0.05) is 11.0 Å². The van der Waals surface area contributed by atoms with Crippen LogP contribution in [0.15, 0.2) is 31.8 Å². The molecule has 0 unspecified atom stereocenters. The molecule has 1 N–H and O–H groups in total. The summed E-state index contributed by atoms with van der Waals surface area (Å²) in [6.07, 6.45) is 0. The maximum absolute atomic E-state index is 11.9. The van der Waals surface area contributed by atoms with Gasteiger partial charge in [0.2, 0.25) is 10.0 Å². The molecule has 1 heterocycles. The van der Waals surface area contributed by atoms with E-state index in [1.807, 2.05) is 0 Å². The van der Waals surface area contributed by atoms with Crippen LogP contribution in [0.3, 0.4) is 0 Å². The van der Waals surface area contributed by atoms with Crippen molar-refractivity contribution < 1.29 is 8.42 Å². The molecule has 2 rings (SSSR count). The molecule has 1 aromatic rings. The fraction of sp³-hybridized carbons (Fsp3) is 0.250. The SMILES string of the molecule is O=S(=O)(NCCI)c1cccc2c1N=S=N2. The number of nitrogens with zero attached hydrogens (tertiary/aromatic N) is 2. The Hall–Kier alpha value is -0.320. The highest BCUT2D eigenvalue weighted by Gasteiger charge is 2.21. The smallest absolute Gasteiger partial charge is 0.210 e. The summed E-state index contributed by atoms with van der Waals surface area (Å²) in [6.45, 7) is 0.414. The topological polar surface area (TPSA) is 70.9 Å². The van der Waals surface area contributed by atoms with Gasteiger partial charge < -0.3 is 0 Å². The zero-order chi connectivity index (χ0) is 11.6. The van der Waals surface area contributed by atoms with Crippen LogP contribution < -0.4 is 4.72 Å². The number of benzene rings is 1. The van der Waals surface area contributed by atoms with Crippen molar-refractivity contribution in [2.75, 3.05) is 11.0 Å². The standard InChI is InChI=1S/C8H8IN3O2S2/c9-4-5-10-16(13,14)7-3-1-2-6-8(7)12-15-11-6/h1-3,10H,4-5H2. The highest BCUT2D eigenvalue weighted by molar-refractivity contribution is 14.1. The molecule has 0 bridgehead atoms. The molecule has 1 aromatic carbocycles. The maximum atomic E-state index is 11.9. The van der Waals surface area contributed by atoms with Gasteiger partial charge in [-0.05, 0) is 12.1 Å². The molecule has 16 heavy (non-hydrogen) atoms. The predicted octanol–water partition coefficient (Wildman–Crippen LogP) is 2.13. The van der Waals surface area contributed by atoms with E-state index in [0.717, 1.165) is 15.8 Å². The second-order valence-corrected chi connectivity index (χ2v) is 6.32. The Morgan fingerprint density at radius 2 is 2.19 bits per heavy atom. The van der Waals surface area contributed by atoms with Gasteiger partial charge in [-0.15, -0.1) is 0 Å². The summed E-state index contributed by atoms with van der Waals surface area (Å²) < 4.78 is 35.1. The molecule has 1 aliphatic heterocycles. The second kappa shape index (κ2) is 4.90. The van der Waals surface area contributed by atoms with Crippen molar-refractivity contribution in [1.29, 1.82) is 0 Å². The Kier molecular flexibility index (Phi) is 3.72. The van der Waals surface area contributed by atoms with E-state index in [1.54, 1.807) is 18.2 Å². The molecule has 8 heteroatoms. The van der Waals surface area contributed by atoms with Gasteiger partial charge in [-0.1, -0.05) is 28.7 Å². The minimum absolute atomic E-state index is 0.198. The Morgan fingerprint density at radius 3 is 2.94 bits per heavy atom. The van der Waals surface area contributed by atoms with Gasteiger partial charge in [0.15, 0.2) is 0 Å². The largest absolute Gasteiger partial charge is 0.242 e. The first-order valence-electron chi connectivity index (χ1n) is 4.42. The minimum Gasteiger partial charge on any atom is -0.210 e. The van der Waals surface area contributed by atoms with E-state index in [0.29, 0.717) is 17.9 Å². The van der Waals surface area contributed by atoms with Crippen LogP contribution in [0.4, 0.5) is 11.4 Å². The quantitative estimate of drug-likeness (QED) is 0.663. The van der Waals surface area contributed by atoms with Gasteiger partial charge in [-0.3, -0.25) is 0 Å². The predicted molar refractivity (Wildman–Crippen MR) is 72.1 cm³/mol. The zero-order valence-corrected chi connectivity index (χ0v) is 11.8. The average Bonchev–Trinajstić information content (AvgIpc) is 2.73. The van der Waals surface area contributed by atoms with E-state index in [2.05, 4.69) is 36.0 Å². The Balaban J connectivity index is 2.43. The lowest BCUT2D eigenvalue weighted by Crippen LogP contribution is -2.25. The Bertz CT molecular complexity index is 579. The van der Waals surface area contributed by atoms with Gasteiger partial charge >= 0.3 is 0 Å². The van der Waals surface area contributed by atoms with Crippen molar-refractivity contribution >= 4 is 55.3 Å². The number of halogens is 1. The first-order chi connectivity index (χ1) is 7.65. The third-order valence-corrected chi connectivity index (χ3v) is 4.50. The molecule has 0 saturated heterocycles. The fourth-order valence-corrected chi connectivity index (χ4v) is 3.68. The van der Waals surface area contributed by atoms with E-state index < -0.39 is 10.0 Å². The molecule has 0 atom stereocenters. The lowest BCUT2D eigenvalue weighted by atomic mass is 10.3. The number of sulfonamides is 1. The van der Waals surface area contributed by atoms with Crippen molar-refractivity contribution in [1.82, 2.24) is 4.72 Å². The Labute approximate surface area is 111 Å². The molecule has 5 nitrogen and oxygen atoms in total. The zero-order valence-electron chi connectivity index (χ0n) is 8.05. The van der Waals surface area contributed by atoms with Crippen molar-refractivity contribution in [2.45, 2.75) is 4.90 Å². The summed E-state index contributed by atoms with van der Waals surface area (Å²) in [4.78, 5) is 0.198. The van der Waals surface area contributed by atoms with Crippen molar-refractivity contribution in [3.8, 4) is 0 Å².